The molecule has 3 nitrogen and oxygen atoms in total. The summed E-state index contributed by atoms with van der Waals surface area (Å²) in [6.07, 6.45) is 5.15. The molecule has 15 heavy (non-hydrogen) atoms. The third-order valence-electron chi connectivity index (χ3n) is 3.64. The molecule has 0 spiro atoms. The summed E-state index contributed by atoms with van der Waals surface area (Å²) in [4.78, 5) is 0. The van der Waals surface area contributed by atoms with Gasteiger partial charge < -0.3 is 4.57 Å². The van der Waals surface area contributed by atoms with Crippen molar-refractivity contribution in [2.45, 2.75) is 52.5 Å². The first kappa shape index (κ1) is 10.9. The molecule has 1 fully saturated rings. The van der Waals surface area contributed by atoms with Crippen molar-refractivity contribution < 1.29 is 0 Å². The lowest BCUT2D eigenvalue weighted by Gasteiger charge is -2.39. The van der Waals surface area contributed by atoms with Crippen LogP contribution in [0.4, 0.5) is 0 Å². The zero-order valence-electron chi connectivity index (χ0n) is 9.71. The van der Waals surface area contributed by atoms with Crippen molar-refractivity contribution in [3.63, 3.8) is 0 Å². The Labute approximate surface area is 95.9 Å². The van der Waals surface area contributed by atoms with E-state index in [0.29, 0.717) is 11.5 Å². The lowest BCUT2D eigenvalue weighted by Crippen LogP contribution is -2.31. The summed E-state index contributed by atoms with van der Waals surface area (Å²) in [7, 11) is 0. The molecule has 0 aliphatic heterocycles. The molecule has 0 saturated heterocycles. The molecule has 0 bridgehead atoms. The van der Waals surface area contributed by atoms with Gasteiger partial charge in [-0.1, -0.05) is 26.7 Å². The van der Waals surface area contributed by atoms with Crippen LogP contribution in [0.5, 0.6) is 0 Å². The lowest BCUT2D eigenvalue weighted by atomic mass is 9.73. The number of hydrogen-bond acceptors (Lipinski definition) is 2. The molecule has 0 aromatic carbocycles. The summed E-state index contributed by atoms with van der Waals surface area (Å²) in [6, 6.07) is 0.512. The first-order valence-corrected chi connectivity index (χ1v) is 6.07. The Morgan fingerprint density at radius 1 is 1.47 bits per heavy atom. The maximum Gasteiger partial charge on any atom is 0.195 e. The number of nitrogens with zero attached hydrogens (tertiary/aromatic N) is 2. The predicted octanol–water partition coefficient (Wildman–Crippen LogP) is 3.39. The van der Waals surface area contributed by atoms with Crippen LogP contribution in [0.2, 0.25) is 0 Å². The second kappa shape index (κ2) is 3.74. The van der Waals surface area contributed by atoms with Crippen molar-refractivity contribution in [3.8, 4) is 0 Å². The average molecular weight is 225 g/mol. The van der Waals surface area contributed by atoms with Gasteiger partial charge in [-0.15, -0.1) is 0 Å². The number of aromatic amines is 1. The predicted molar refractivity (Wildman–Crippen MR) is 63.4 cm³/mol. The van der Waals surface area contributed by atoms with Crippen molar-refractivity contribution in [2.75, 3.05) is 0 Å². The van der Waals surface area contributed by atoms with Crippen LogP contribution in [0.15, 0.2) is 0 Å². The molecule has 1 aliphatic rings. The summed E-state index contributed by atoms with van der Waals surface area (Å²) in [5.74, 6) is 1.01. The fraction of sp³-hybridized carbons (Fsp3) is 0.818. The van der Waals surface area contributed by atoms with Gasteiger partial charge in [-0.05, 0) is 37.4 Å². The fourth-order valence-corrected chi connectivity index (χ4v) is 3.01. The summed E-state index contributed by atoms with van der Waals surface area (Å²) >= 11 is 5.30. The molecular formula is C11H19N3S. The van der Waals surface area contributed by atoms with Gasteiger partial charge in [0.1, 0.15) is 5.82 Å². The van der Waals surface area contributed by atoms with E-state index in [2.05, 4.69) is 28.6 Å². The second-order valence-corrected chi connectivity index (χ2v) is 5.58. The molecule has 0 amide bonds. The summed E-state index contributed by atoms with van der Waals surface area (Å²) < 4.78 is 2.97. The van der Waals surface area contributed by atoms with Crippen LogP contribution < -0.4 is 0 Å². The quantitative estimate of drug-likeness (QED) is 0.743. The maximum absolute atomic E-state index is 5.30. The Morgan fingerprint density at radius 2 is 2.20 bits per heavy atom. The van der Waals surface area contributed by atoms with Crippen LogP contribution >= 0.6 is 12.2 Å². The minimum atomic E-state index is 0.338. The Balaban J connectivity index is 2.41. The average Bonchev–Trinajstić information content (AvgIpc) is 2.47. The number of aryl methyl sites for hydroxylation is 1. The summed E-state index contributed by atoms with van der Waals surface area (Å²) in [5, 5.41) is 7.09. The monoisotopic (exact) mass is 225 g/mol. The van der Waals surface area contributed by atoms with E-state index in [0.717, 1.165) is 10.6 Å². The van der Waals surface area contributed by atoms with E-state index in [1.165, 1.54) is 25.7 Å². The van der Waals surface area contributed by atoms with Crippen LogP contribution in [0.3, 0.4) is 0 Å². The molecule has 1 aromatic rings. The van der Waals surface area contributed by atoms with Gasteiger partial charge in [0.25, 0.3) is 0 Å². The van der Waals surface area contributed by atoms with Crippen LogP contribution in [0.25, 0.3) is 0 Å². The molecule has 1 N–H and O–H groups in total. The normalized spacial score (nSPS) is 25.4. The van der Waals surface area contributed by atoms with E-state index in [-0.39, 0.29) is 0 Å². The Kier molecular flexibility index (Phi) is 2.71. The summed E-state index contributed by atoms with van der Waals surface area (Å²) in [5.41, 5.74) is 0.338. The number of aromatic nitrogens is 3. The van der Waals surface area contributed by atoms with Crippen LogP contribution in [-0.4, -0.2) is 14.8 Å². The molecule has 1 unspecified atom stereocenters. The third-order valence-corrected chi connectivity index (χ3v) is 3.93. The second-order valence-electron chi connectivity index (χ2n) is 5.20. The minimum Gasteiger partial charge on any atom is -0.301 e. The molecule has 1 heterocycles. The molecule has 2 rings (SSSR count). The maximum atomic E-state index is 5.30. The number of rotatable bonds is 1. The Hall–Kier alpha value is -0.640. The standard InChI is InChI=1S/C11H19N3S/c1-8-12-13-10(15)14(8)9-6-4-5-7-11(9,2)3/h9H,4-7H2,1-3H3,(H,13,15). The zero-order valence-corrected chi connectivity index (χ0v) is 10.5. The molecule has 1 atom stereocenters. The molecule has 1 aliphatic carbocycles. The topological polar surface area (TPSA) is 33.6 Å². The van der Waals surface area contributed by atoms with E-state index in [4.69, 9.17) is 12.2 Å². The Morgan fingerprint density at radius 3 is 2.73 bits per heavy atom. The van der Waals surface area contributed by atoms with Gasteiger partial charge in [0.2, 0.25) is 0 Å². The molecule has 84 valence electrons. The smallest absolute Gasteiger partial charge is 0.195 e. The molecule has 1 aromatic heterocycles. The van der Waals surface area contributed by atoms with Gasteiger partial charge in [-0.2, -0.15) is 5.10 Å². The van der Waals surface area contributed by atoms with E-state index in [1.54, 1.807) is 0 Å². The van der Waals surface area contributed by atoms with Gasteiger partial charge in [0.15, 0.2) is 4.77 Å². The van der Waals surface area contributed by atoms with Crippen molar-refractivity contribution in [2.24, 2.45) is 5.41 Å². The van der Waals surface area contributed by atoms with Gasteiger partial charge >= 0.3 is 0 Å². The van der Waals surface area contributed by atoms with E-state index in [9.17, 15) is 0 Å². The van der Waals surface area contributed by atoms with Crippen molar-refractivity contribution in [1.29, 1.82) is 0 Å². The highest BCUT2D eigenvalue weighted by molar-refractivity contribution is 7.71. The van der Waals surface area contributed by atoms with Crippen LogP contribution in [0, 0.1) is 17.1 Å². The number of nitrogens with one attached hydrogen (secondary N) is 1. The van der Waals surface area contributed by atoms with Gasteiger partial charge in [-0.3, -0.25) is 5.10 Å². The van der Waals surface area contributed by atoms with Gasteiger partial charge in [0.05, 0.1) is 0 Å². The van der Waals surface area contributed by atoms with Crippen LogP contribution in [0.1, 0.15) is 51.4 Å². The van der Waals surface area contributed by atoms with Gasteiger partial charge in [-0.25, -0.2) is 0 Å². The largest absolute Gasteiger partial charge is 0.301 e. The fourth-order valence-electron chi connectivity index (χ4n) is 2.70. The third kappa shape index (κ3) is 1.87. The van der Waals surface area contributed by atoms with E-state index >= 15 is 0 Å². The zero-order chi connectivity index (χ0) is 11.1. The van der Waals surface area contributed by atoms with Gasteiger partial charge in [0, 0.05) is 6.04 Å². The molecule has 4 heteroatoms. The highest BCUT2D eigenvalue weighted by atomic mass is 32.1. The molecule has 0 radical (unpaired) electrons. The van der Waals surface area contributed by atoms with Crippen molar-refractivity contribution in [1.82, 2.24) is 14.8 Å². The minimum absolute atomic E-state index is 0.338. The first-order valence-electron chi connectivity index (χ1n) is 5.66. The molecular weight excluding hydrogens is 206 g/mol. The van der Waals surface area contributed by atoms with E-state index < -0.39 is 0 Å². The van der Waals surface area contributed by atoms with Crippen molar-refractivity contribution in [3.05, 3.63) is 10.6 Å². The molecule has 1 saturated carbocycles. The van der Waals surface area contributed by atoms with E-state index in [1.807, 2.05) is 6.92 Å². The van der Waals surface area contributed by atoms with Crippen molar-refractivity contribution >= 4 is 12.2 Å². The lowest BCUT2D eigenvalue weighted by molar-refractivity contribution is 0.141. The summed E-state index contributed by atoms with van der Waals surface area (Å²) in [6.45, 7) is 6.70. The number of H-pyrrole nitrogens is 1. The number of hydrogen-bond donors (Lipinski definition) is 1. The highest BCUT2D eigenvalue weighted by Gasteiger charge is 2.34. The first-order chi connectivity index (χ1) is 7.02. The Bertz CT molecular complexity index is 402. The SMILES string of the molecule is Cc1n[nH]c(=S)n1C1CCCCC1(C)C. The highest BCUT2D eigenvalue weighted by Crippen LogP contribution is 2.44. The van der Waals surface area contributed by atoms with Crippen LogP contribution in [-0.2, 0) is 0 Å².